The van der Waals surface area contributed by atoms with Gasteiger partial charge in [0.2, 0.25) is 11.9 Å². The summed E-state index contributed by atoms with van der Waals surface area (Å²) in [7, 11) is 1.56. The second kappa shape index (κ2) is 9.47. The number of aromatic nitrogens is 2. The Bertz CT molecular complexity index is 1120. The number of hydrogen-bond donors (Lipinski definition) is 1. The molecular formula is C24H24N4O4. The van der Waals surface area contributed by atoms with Gasteiger partial charge in [-0.15, -0.1) is 0 Å². The monoisotopic (exact) mass is 432 g/mol. The minimum atomic E-state index is -0.511. The first-order valence-electron chi connectivity index (χ1n) is 10.4. The van der Waals surface area contributed by atoms with E-state index in [-0.39, 0.29) is 24.2 Å². The van der Waals surface area contributed by atoms with E-state index in [1.54, 1.807) is 36.5 Å². The summed E-state index contributed by atoms with van der Waals surface area (Å²) in [5.74, 6) is 0.970. The molecule has 1 unspecified atom stereocenters. The van der Waals surface area contributed by atoms with Gasteiger partial charge in [0.05, 0.1) is 26.2 Å². The second-order valence-corrected chi connectivity index (χ2v) is 7.27. The molecular weight excluding hydrogens is 408 g/mol. The van der Waals surface area contributed by atoms with Gasteiger partial charge in [0, 0.05) is 24.5 Å². The van der Waals surface area contributed by atoms with E-state index in [4.69, 9.17) is 9.47 Å². The van der Waals surface area contributed by atoms with Crippen LogP contribution in [0.4, 0.5) is 5.95 Å². The average molecular weight is 432 g/mol. The first kappa shape index (κ1) is 21.3. The van der Waals surface area contributed by atoms with Crippen molar-refractivity contribution in [3.8, 4) is 11.5 Å². The zero-order chi connectivity index (χ0) is 22.5. The number of carbonyl (C=O) groups excluding carboxylic acids is 2. The highest BCUT2D eigenvalue weighted by Crippen LogP contribution is 2.37. The average Bonchev–Trinajstić information content (AvgIpc) is 3.15. The van der Waals surface area contributed by atoms with Crippen molar-refractivity contribution in [1.82, 2.24) is 14.9 Å². The number of anilines is 1. The molecule has 1 aliphatic rings. The van der Waals surface area contributed by atoms with Gasteiger partial charge < -0.3 is 14.4 Å². The molecule has 0 aliphatic carbocycles. The van der Waals surface area contributed by atoms with Crippen LogP contribution < -0.4 is 14.8 Å². The second-order valence-electron chi connectivity index (χ2n) is 7.27. The first-order chi connectivity index (χ1) is 15.6. The number of rotatable bonds is 8. The molecule has 0 saturated carbocycles. The Morgan fingerprint density at radius 3 is 2.62 bits per heavy atom. The zero-order valence-electron chi connectivity index (χ0n) is 17.9. The van der Waals surface area contributed by atoms with Crippen LogP contribution in [0, 0.1) is 0 Å². The molecule has 1 atom stereocenters. The Kier molecular flexibility index (Phi) is 6.30. The molecule has 0 bridgehead atoms. The maximum atomic E-state index is 13.2. The van der Waals surface area contributed by atoms with Gasteiger partial charge in [-0.05, 0) is 42.3 Å². The van der Waals surface area contributed by atoms with Crippen molar-refractivity contribution >= 4 is 17.8 Å². The van der Waals surface area contributed by atoms with Gasteiger partial charge in [-0.2, -0.15) is 0 Å². The Labute approximate surface area is 186 Å². The fourth-order valence-electron chi connectivity index (χ4n) is 3.82. The highest BCUT2D eigenvalue weighted by Gasteiger charge is 2.35. The zero-order valence-corrected chi connectivity index (χ0v) is 17.9. The van der Waals surface area contributed by atoms with Crippen LogP contribution >= 0.6 is 0 Å². The van der Waals surface area contributed by atoms with Crippen molar-refractivity contribution < 1.29 is 19.1 Å². The summed E-state index contributed by atoms with van der Waals surface area (Å²) in [4.78, 5) is 35.9. The van der Waals surface area contributed by atoms with Crippen molar-refractivity contribution in [2.45, 2.75) is 25.9 Å². The van der Waals surface area contributed by atoms with Crippen LogP contribution in [0.2, 0.25) is 0 Å². The Hall–Kier alpha value is -3.94. The van der Waals surface area contributed by atoms with E-state index in [0.717, 1.165) is 11.1 Å². The molecule has 3 aromatic rings. The lowest BCUT2D eigenvalue weighted by atomic mass is 10.0. The largest absolute Gasteiger partial charge is 0.493 e. The number of nitrogens with zero attached hydrogens (tertiary/aromatic N) is 3. The first-order valence-corrected chi connectivity index (χ1v) is 10.4. The van der Waals surface area contributed by atoms with Crippen molar-refractivity contribution in [2.75, 3.05) is 19.0 Å². The van der Waals surface area contributed by atoms with E-state index < -0.39 is 6.04 Å². The third kappa shape index (κ3) is 4.39. The Morgan fingerprint density at radius 2 is 1.91 bits per heavy atom. The fourth-order valence-corrected chi connectivity index (χ4v) is 3.82. The lowest BCUT2D eigenvalue weighted by Crippen LogP contribution is -2.32. The highest BCUT2D eigenvalue weighted by atomic mass is 16.5. The summed E-state index contributed by atoms with van der Waals surface area (Å²) < 4.78 is 11.1. The molecule has 1 N–H and O–H groups in total. The third-order valence-corrected chi connectivity index (χ3v) is 5.29. The van der Waals surface area contributed by atoms with Crippen LogP contribution in [0.1, 0.15) is 40.9 Å². The normalized spacial score (nSPS) is 13.4. The van der Waals surface area contributed by atoms with Crippen LogP contribution in [0.25, 0.3) is 0 Å². The number of fused-ring (bicyclic) bond motifs is 1. The quantitative estimate of drug-likeness (QED) is 0.585. The summed E-state index contributed by atoms with van der Waals surface area (Å²) in [6.07, 6.45) is 3.14. The number of amides is 2. The van der Waals surface area contributed by atoms with E-state index in [0.29, 0.717) is 30.2 Å². The van der Waals surface area contributed by atoms with Crippen LogP contribution in [-0.2, 0) is 11.3 Å². The topological polar surface area (TPSA) is 93.6 Å². The summed E-state index contributed by atoms with van der Waals surface area (Å²) in [6.45, 7) is 2.81. The molecule has 2 heterocycles. The van der Waals surface area contributed by atoms with Crippen molar-refractivity contribution in [2.24, 2.45) is 0 Å². The van der Waals surface area contributed by atoms with Crippen molar-refractivity contribution in [3.05, 3.63) is 77.6 Å². The third-order valence-electron chi connectivity index (χ3n) is 5.29. The van der Waals surface area contributed by atoms with Gasteiger partial charge in [0.1, 0.15) is 0 Å². The molecule has 2 aromatic carbocycles. The van der Waals surface area contributed by atoms with E-state index >= 15 is 0 Å². The van der Waals surface area contributed by atoms with Crippen LogP contribution in [0.15, 0.2) is 60.9 Å². The molecule has 0 radical (unpaired) electrons. The van der Waals surface area contributed by atoms with E-state index in [9.17, 15) is 9.59 Å². The number of carbonyl (C=O) groups is 2. The van der Waals surface area contributed by atoms with Gasteiger partial charge >= 0.3 is 0 Å². The smallest absolute Gasteiger partial charge is 0.255 e. The summed E-state index contributed by atoms with van der Waals surface area (Å²) in [5, 5.41) is 2.71. The number of ether oxygens (including phenoxy) is 2. The van der Waals surface area contributed by atoms with Crippen LogP contribution in [0.5, 0.6) is 11.5 Å². The van der Waals surface area contributed by atoms with Gasteiger partial charge in [-0.25, -0.2) is 9.97 Å². The molecule has 1 aliphatic heterocycles. The molecule has 0 saturated heterocycles. The predicted octanol–water partition coefficient (Wildman–Crippen LogP) is 3.61. The van der Waals surface area contributed by atoms with Crippen LogP contribution in [-0.4, -0.2) is 40.4 Å². The molecule has 8 nitrogen and oxygen atoms in total. The standard InChI is InChI=1S/C24H24N4O4/c1-3-32-20-10-9-16(13-21(20)31-2)19(14-22(29)27-24-25-11-6-12-26-24)28-15-17-7-4-5-8-18(17)23(28)30/h4-13,19H,3,14-15H2,1-2H3,(H,25,26,27,29). The van der Waals surface area contributed by atoms with E-state index in [2.05, 4.69) is 15.3 Å². The van der Waals surface area contributed by atoms with E-state index in [1.807, 2.05) is 43.3 Å². The van der Waals surface area contributed by atoms with Gasteiger partial charge in [-0.1, -0.05) is 24.3 Å². The molecule has 4 rings (SSSR count). The van der Waals surface area contributed by atoms with Gasteiger partial charge in [0.25, 0.3) is 5.91 Å². The number of nitrogens with one attached hydrogen (secondary N) is 1. The van der Waals surface area contributed by atoms with Crippen molar-refractivity contribution in [3.63, 3.8) is 0 Å². The summed E-state index contributed by atoms with van der Waals surface area (Å²) >= 11 is 0. The molecule has 2 amide bonds. The van der Waals surface area contributed by atoms with Crippen molar-refractivity contribution in [1.29, 1.82) is 0 Å². The minimum Gasteiger partial charge on any atom is -0.493 e. The Morgan fingerprint density at radius 1 is 1.12 bits per heavy atom. The lowest BCUT2D eigenvalue weighted by molar-refractivity contribution is -0.117. The molecule has 164 valence electrons. The predicted molar refractivity (Wildman–Crippen MR) is 118 cm³/mol. The maximum absolute atomic E-state index is 13.2. The SMILES string of the molecule is CCOc1ccc(C(CC(=O)Nc2ncccn2)N2Cc3ccccc3C2=O)cc1OC. The van der Waals surface area contributed by atoms with E-state index in [1.165, 1.54) is 0 Å². The minimum absolute atomic E-state index is 0.0368. The Balaban J connectivity index is 1.66. The summed E-state index contributed by atoms with van der Waals surface area (Å²) in [5.41, 5.74) is 2.37. The summed E-state index contributed by atoms with van der Waals surface area (Å²) in [6, 6.07) is 14.1. The molecule has 1 aromatic heterocycles. The molecule has 32 heavy (non-hydrogen) atoms. The molecule has 8 heteroatoms. The molecule has 0 fully saturated rings. The number of methoxy groups -OCH3 is 1. The number of benzene rings is 2. The highest BCUT2D eigenvalue weighted by molar-refractivity contribution is 5.99. The lowest BCUT2D eigenvalue weighted by Gasteiger charge is -2.28. The van der Waals surface area contributed by atoms with Crippen LogP contribution in [0.3, 0.4) is 0 Å². The fraction of sp³-hybridized carbons (Fsp3) is 0.250. The molecule has 0 spiro atoms. The van der Waals surface area contributed by atoms with Gasteiger partial charge in [0.15, 0.2) is 11.5 Å². The van der Waals surface area contributed by atoms with Gasteiger partial charge in [-0.3, -0.25) is 14.9 Å². The maximum Gasteiger partial charge on any atom is 0.255 e. The number of hydrogen-bond acceptors (Lipinski definition) is 6.